The second-order valence-corrected chi connectivity index (χ2v) is 3.45. The van der Waals surface area contributed by atoms with Crippen molar-refractivity contribution in [3.8, 4) is 0 Å². The van der Waals surface area contributed by atoms with Crippen LogP contribution in [0.4, 0.5) is 0 Å². The Labute approximate surface area is 66.0 Å². The molecule has 2 nitrogen and oxygen atoms in total. The summed E-state index contributed by atoms with van der Waals surface area (Å²) < 4.78 is 0. The Morgan fingerprint density at radius 2 is 2.30 bits per heavy atom. The van der Waals surface area contributed by atoms with E-state index < -0.39 is 5.97 Å². The Balaban J connectivity index is 3.11. The number of rotatable bonds is 5. The summed E-state index contributed by atoms with van der Waals surface area (Å²) in [6.45, 7) is 4.25. The first-order chi connectivity index (χ1) is 4.66. The number of aliphatic carboxylic acids is 1. The second kappa shape index (κ2) is 5.59. The van der Waals surface area contributed by atoms with Gasteiger partial charge in [0.05, 0.1) is 5.75 Å². The van der Waals surface area contributed by atoms with E-state index in [2.05, 4.69) is 13.8 Å². The largest absolute Gasteiger partial charge is 0.481 e. The normalized spacial score (nSPS) is 13.0. The van der Waals surface area contributed by atoms with Crippen LogP contribution < -0.4 is 0 Å². The molecule has 1 unspecified atom stereocenters. The van der Waals surface area contributed by atoms with E-state index >= 15 is 0 Å². The zero-order valence-electron chi connectivity index (χ0n) is 6.46. The molecular formula is C7H14O2S. The van der Waals surface area contributed by atoms with Crippen molar-refractivity contribution in [2.24, 2.45) is 5.92 Å². The number of hydrogen-bond donors (Lipinski definition) is 1. The maximum atomic E-state index is 10.0. The van der Waals surface area contributed by atoms with Crippen LogP contribution in [0, 0.1) is 5.92 Å². The minimum Gasteiger partial charge on any atom is -0.481 e. The van der Waals surface area contributed by atoms with Crippen LogP contribution in [0.15, 0.2) is 0 Å². The number of hydrogen-bond acceptors (Lipinski definition) is 2. The van der Waals surface area contributed by atoms with E-state index in [4.69, 9.17) is 5.11 Å². The van der Waals surface area contributed by atoms with Gasteiger partial charge in [-0.1, -0.05) is 20.3 Å². The van der Waals surface area contributed by atoms with Gasteiger partial charge in [0.25, 0.3) is 0 Å². The minimum absolute atomic E-state index is 0.240. The maximum absolute atomic E-state index is 10.0. The molecule has 0 spiro atoms. The molecule has 0 aromatic heterocycles. The molecule has 1 atom stereocenters. The van der Waals surface area contributed by atoms with Gasteiger partial charge < -0.3 is 5.11 Å². The molecule has 0 aliphatic rings. The van der Waals surface area contributed by atoms with Gasteiger partial charge in [-0.25, -0.2) is 0 Å². The molecule has 0 saturated carbocycles. The standard InChI is InChI=1S/C7H14O2S/c1-3-6(2)4-10-5-7(8)9/h6H,3-5H2,1-2H3,(H,8,9). The van der Waals surface area contributed by atoms with Crippen LogP contribution in [-0.4, -0.2) is 22.6 Å². The molecule has 0 aliphatic carbocycles. The number of carboxylic acids is 1. The third kappa shape index (κ3) is 5.95. The summed E-state index contributed by atoms with van der Waals surface area (Å²) in [5, 5.41) is 8.28. The third-order valence-electron chi connectivity index (χ3n) is 1.32. The van der Waals surface area contributed by atoms with Gasteiger partial charge in [0.2, 0.25) is 0 Å². The van der Waals surface area contributed by atoms with E-state index in [9.17, 15) is 4.79 Å². The van der Waals surface area contributed by atoms with E-state index in [-0.39, 0.29) is 5.75 Å². The molecular weight excluding hydrogens is 148 g/mol. The van der Waals surface area contributed by atoms with Gasteiger partial charge in [-0.15, -0.1) is 11.8 Å². The molecule has 0 aromatic rings. The monoisotopic (exact) mass is 162 g/mol. The molecule has 1 N–H and O–H groups in total. The number of thioether (sulfide) groups is 1. The topological polar surface area (TPSA) is 37.3 Å². The second-order valence-electron chi connectivity index (χ2n) is 2.42. The van der Waals surface area contributed by atoms with Crippen LogP contribution in [0.2, 0.25) is 0 Å². The van der Waals surface area contributed by atoms with Crippen LogP contribution in [-0.2, 0) is 4.79 Å². The van der Waals surface area contributed by atoms with Crippen LogP contribution in [0.25, 0.3) is 0 Å². The quantitative estimate of drug-likeness (QED) is 0.670. The fourth-order valence-corrected chi connectivity index (χ4v) is 1.40. The van der Waals surface area contributed by atoms with Crippen molar-refractivity contribution in [2.75, 3.05) is 11.5 Å². The van der Waals surface area contributed by atoms with Crippen molar-refractivity contribution in [3.05, 3.63) is 0 Å². The Morgan fingerprint density at radius 3 is 2.70 bits per heavy atom. The maximum Gasteiger partial charge on any atom is 0.313 e. The van der Waals surface area contributed by atoms with Crippen molar-refractivity contribution in [1.82, 2.24) is 0 Å². The average Bonchev–Trinajstić information content (AvgIpc) is 1.87. The first-order valence-corrected chi connectivity index (χ1v) is 4.61. The molecule has 0 bridgehead atoms. The van der Waals surface area contributed by atoms with Crippen molar-refractivity contribution in [1.29, 1.82) is 0 Å². The van der Waals surface area contributed by atoms with Crippen molar-refractivity contribution < 1.29 is 9.90 Å². The highest BCUT2D eigenvalue weighted by atomic mass is 32.2. The highest BCUT2D eigenvalue weighted by Gasteiger charge is 2.00. The summed E-state index contributed by atoms with van der Waals surface area (Å²) >= 11 is 1.49. The van der Waals surface area contributed by atoms with Crippen molar-refractivity contribution >= 4 is 17.7 Å². The third-order valence-corrected chi connectivity index (χ3v) is 2.58. The molecule has 60 valence electrons. The average molecular weight is 162 g/mol. The molecule has 0 amide bonds. The molecule has 0 heterocycles. The van der Waals surface area contributed by atoms with Crippen LogP contribution >= 0.6 is 11.8 Å². The smallest absolute Gasteiger partial charge is 0.313 e. The summed E-state index contributed by atoms with van der Waals surface area (Å²) in [4.78, 5) is 10.0. The Kier molecular flexibility index (Phi) is 5.49. The fourth-order valence-electron chi connectivity index (χ4n) is 0.465. The highest BCUT2D eigenvalue weighted by molar-refractivity contribution is 7.99. The SMILES string of the molecule is CCC(C)CSCC(=O)O. The van der Waals surface area contributed by atoms with Crippen molar-refractivity contribution in [2.45, 2.75) is 20.3 Å². The molecule has 0 aromatic carbocycles. The molecule has 0 saturated heterocycles. The highest BCUT2D eigenvalue weighted by Crippen LogP contribution is 2.10. The predicted molar refractivity (Wildman–Crippen MR) is 44.4 cm³/mol. The molecule has 10 heavy (non-hydrogen) atoms. The lowest BCUT2D eigenvalue weighted by atomic mass is 10.2. The lowest BCUT2D eigenvalue weighted by Crippen LogP contribution is -2.02. The Hall–Kier alpha value is -0.180. The summed E-state index contributed by atoms with van der Waals surface area (Å²) in [5.41, 5.74) is 0. The van der Waals surface area contributed by atoms with Gasteiger partial charge in [0.15, 0.2) is 0 Å². The first-order valence-electron chi connectivity index (χ1n) is 3.46. The summed E-state index contributed by atoms with van der Waals surface area (Å²) in [6, 6.07) is 0. The van der Waals surface area contributed by atoms with Gasteiger partial charge in [0.1, 0.15) is 0 Å². The lowest BCUT2D eigenvalue weighted by Gasteiger charge is -2.04. The zero-order chi connectivity index (χ0) is 7.98. The van der Waals surface area contributed by atoms with Crippen molar-refractivity contribution in [3.63, 3.8) is 0 Å². The lowest BCUT2D eigenvalue weighted by molar-refractivity contribution is -0.133. The van der Waals surface area contributed by atoms with Gasteiger partial charge in [-0.2, -0.15) is 0 Å². The van der Waals surface area contributed by atoms with Gasteiger partial charge >= 0.3 is 5.97 Å². The molecule has 0 aliphatic heterocycles. The van der Waals surface area contributed by atoms with E-state index in [0.717, 1.165) is 12.2 Å². The van der Waals surface area contributed by atoms with Gasteiger partial charge in [-0.05, 0) is 11.7 Å². The van der Waals surface area contributed by atoms with E-state index in [1.807, 2.05) is 0 Å². The van der Waals surface area contributed by atoms with Gasteiger partial charge in [0, 0.05) is 0 Å². The predicted octanol–water partition coefficient (Wildman–Crippen LogP) is 1.85. The Morgan fingerprint density at radius 1 is 1.70 bits per heavy atom. The summed E-state index contributed by atoms with van der Waals surface area (Å²) in [6.07, 6.45) is 1.13. The fraction of sp³-hybridized carbons (Fsp3) is 0.857. The molecule has 3 heteroatoms. The van der Waals surface area contributed by atoms with Crippen LogP contribution in [0.1, 0.15) is 20.3 Å². The zero-order valence-corrected chi connectivity index (χ0v) is 7.28. The van der Waals surface area contributed by atoms with Crippen LogP contribution in [0.3, 0.4) is 0 Å². The van der Waals surface area contributed by atoms with Gasteiger partial charge in [-0.3, -0.25) is 4.79 Å². The van der Waals surface area contributed by atoms with Crippen LogP contribution in [0.5, 0.6) is 0 Å². The molecule has 0 fully saturated rings. The minimum atomic E-state index is -0.715. The Bertz CT molecular complexity index is 104. The number of carbonyl (C=O) groups is 1. The van der Waals surface area contributed by atoms with E-state index in [0.29, 0.717) is 5.92 Å². The molecule has 0 radical (unpaired) electrons. The summed E-state index contributed by atoms with van der Waals surface area (Å²) in [5.74, 6) is 1.13. The summed E-state index contributed by atoms with van der Waals surface area (Å²) in [7, 11) is 0. The molecule has 0 rings (SSSR count). The number of carboxylic acid groups (broad SMARTS) is 1. The van der Waals surface area contributed by atoms with E-state index in [1.165, 1.54) is 11.8 Å². The van der Waals surface area contributed by atoms with E-state index in [1.54, 1.807) is 0 Å². The first kappa shape index (κ1) is 9.82.